The molecular formula is C47H71N15O19. The number of nitrogens with two attached hydrogens (primary N) is 2. The summed E-state index contributed by atoms with van der Waals surface area (Å²) in [5.74, 6) is -17.4. The normalized spacial score (nSPS) is 15.1. The first-order chi connectivity index (χ1) is 37.9. The van der Waals surface area contributed by atoms with E-state index in [9.17, 15) is 92.7 Å². The number of aliphatic hydroxyl groups excluding tert-OH is 1. The Labute approximate surface area is 461 Å². The van der Waals surface area contributed by atoms with Crippen LogP contribution in [0, 0.1) is 5.92 Å². The first-order valence-electron chi connectivity index (χ1n) is 25.2. The zero-order valence-corrected chi connectivity index (χ0v) is 44.8. The molecule has 0 bridgehead atoms. The van der Waals surface area contributed by atoms with Gasteiger partial charge < -0.3 is 94.8 Å². The van der Waals surface area contributed by atoms with Crippen LogP contribution in [0.2, 0.25) is 0 Å². The van der Waals surface area contributed by atoms with Crippen molar-refractivity contribution in [2.24, 2.45) is 17.4 Å². The van der Waals surface area contributed by atoms with Gasteiger partial charge in [-0.15, -0.1) is 0 Å². The lowest BCUT2D eigenvalue weighted by Crippen LogP contribution is -2.62. The van der Waals surface area contributed by atoms with Gasteiger partial charge in [0.25, 0.3) is 0 Å². The van der Waals surface area contributed by atoms with E-state index in [0.29, 0.717) is 5.69 Å². The van der Waals surface area contributed by atoms with Crippen LogP contribution in [-0.4, -0.2) is 195 Å². The summed E-state index contributed by atoms with van der Waals surface area (Å²) in [5.41, 5.74) is 11.4. The molecule has 0 spiro atoms. The first-order valence-corrected chi connectivity index (χ1v) is 25.2. The molecule has 0 aliphatic heterocycles. The zero-order chi connectivity index (χ0) is 61.3. The van der Waals surface area contributed by atoms with Gasteiger partial charge >= 0.3 is 23.9 Å². The van der Waals surface area contributed by atoms with Gasteiger partial charge in [-0.05, 0) is 52.4 Å². The number of aliphatic hydroxyl groups is 1. The molecule has 34 heteroatoms. The van der Waals surface area contributed by atoms with E-state index < -0.39 is 201 Å². The Balaban J connectivity index is 2.43. The second-order valence-electron chi connectivity index (χ2n) is 19.2. The molecule has 0 aliphatic rings. The molecule has 0 aliphatic carbocycles. The molecule has 2 aromatic heterocycles. The fraction of sp³-hybridized carbons (Fsp3) is 0.574. The number of primary amides is 1. The molecule has 0 saturated carbocycles. The van der Waals surface area contributed by atoms with Crippen molar-refractivity contribution < 1.29 is 92.7 Å². The molecule has 0 saturated heterocycles. The second kappa shape index (κ2) is 33.4. The molecule has 81 heavy (non-hydrogen) atoms. The predicted molar refractivity (Wildman–Crippen MR) is 274 cm³/mol. The third kappa shape index (κ3) is 25.1. The van der Waals surface area contributed by atoms with E-state index in [0.717, 1.165) is 6.92 Å². The largest absolute Gasteiger partial charge is 0.481 e. The van der Waals surface area contributed by atoms with Crippen molar-refractivity contribution in [3.05, 3.63) is 36.4 Å². The highest BCUT2D eigenvalue weighted by Gasteiger charge is 2.37. The Hall–Kier alpha value is -9.08. The van der Waals surface area contributed by atoms with Crippen molar-refractivity contribution in [3.8, 4) is 0 Å². The molecule has 20 N–H and O–H groups in total. The highest BCUT2D eigenvalue weighted by Crippen LogP contribution is 2.11. The average molecular weight is 1150 g/mol. The van der Waals surface area contributed by atoms with Gasteiger partial charge in [0.05, 0.1) is 31.2 Å². The number of imidazole rings is 2. The second-order valence-corrected chi connectivity index (χ2v) is 19.2. The van der Waals surface area contributed by atoms with Gasteiger partial charge in [-0.25, -0.2) is 14.8 Å². The van der Waals surface area contributed by atoms with Crippen LogP contribution in [0.1, 0.15) is 97.4 Å². The highest BCUT2D eigenvalue weighted by atomic mass is 16.4. The number of nitrogens with one attached hydrogen (secondary N) is 11. The Morgan fingerprint density at radius 3 is 1.31 bits per heavy atom. The third-order valence-corrected chi connectivity index (χ3v) is 11.7. The SMILES string of the molecule is CC(C)C[C@H](NC(=O)[C@H](CC(=O)O)NC(=O)[C@H](C)N)C(=O)N[C@@H](Cc1cnc[nH]1)C(=O)N[C@@H](CCC(=O)O)C(=O)N[C@@H](CCC(=O)O)C(=O)N[C@H](C(=O)N[C@@H](CCC(N)=O)C(=O)N[C@@H](C)C(=O)N[C@@H](Cc1cnc[nH]1)C(=O)O)[C@@H](C)O. The van der Waals surface area contributed by atoms with Gasteiger partial charge in [0, 0.05) is 55.9 Å². The zero-order valence-electron chi connectivity index (χ0n) is 44.8. The number of aromatic nitrogens is 4. The molecule has 2 aromatic rings. The summed E-state index contributed by atoms with van der Waals surface area (Å²) in [6.07, 6.45) is -2.54. The van der Waals surface area contributed by atoms with Gasteiger partial charge in [0.1, 0.15) is 54.4 Å². The summed E-state index contributed by atoms with van der Waals surface area (Å²) in [6.45, 7) is 6.78. The number of amides is 10. The van der Waals surface area contributed by atoms with E-state index in [1.807, 2.05) is 0 Å². The Morgan fingerprint density at radius 1 is 0.481 bits per heavy atom. The lowest BCUT2D eigenvalue weighted by atomic mass is 10.0. The molecule has 0 fully saturated rings. The van der Waals surface area contributed by atoms with Crippen molar-refractivity contribution in [1.29, 1.82) is 0 Å². The van der Waals surface area contributed by atoms with Crippen LogP contribution >= 0.6 is 0 Å². The molecule has 2 heterocycles. The maximum Gasteiger partial charge on any atom is 0.326 e. The molecular weight excluding hydrogens is 1080 g/mol. The summed E-state index contributed by atoms with van der Waals surface area (Å²) in [7, 11) is 0. The van der Waals surface area contributed by atoms with E-state index in [2.05, 4.69) is 67.8 Å². The number of aliphatic carboxylic acids is 4. The molecule has 0 unspecified atom stereocenters. The van der Waals surface area contributed by atoms with Gasteiger partial charge in [-0.1, -0.05) is 13.8 Å². The summed E-state index contributed by atoms with van der Waals surface area (Å²) in [5, 5.41) is 69.4. The molecule has 448 valence electrons. The lowest BCUT2D eigenvalue weighted by molar-refractivity contribution is -0.142. The lowest BCUT2D eigenvalue weighted by Gasteiger charge is -2.28. The fourth-order valence-electron chi connectivity index (χ4n) is 7.35. The van der Waals surface area contributed by atoms with Crippen LogP contribution < -0.4 is 59.3 Å². The molecule has 11 atom stereocenters. The summed E-state index contributed by atoms with van der Waals surface area (Å²) < 4.78 is 0. The van der Waals surface area contributed by atoms with Crippen molar-refractivity contribution in [1.82, 2.24) is 67.8 Å². The van der Waals surface area contributed by atoms with Crippen LogP contribution in [0.3, 0.4) is 0 Å². The van der Waals surface area contributed by atoms with Gasteiger partial charge in [0.2, 0.25) is 59.1 Å². The van der Waals surface area contributed by atoms with Crippen molar-refractivity contribution >= 4 is 82.9 Å². The minimum atomic E-state index is -2.03. The monoisotopic (exact) mass is 1150 g/mol. The number of nitrogens with zero attached hydrogens (tertiary/aromatic N) is 2. The van der Waals surface area contributed by atoms with Crippen LogP contribution in [0.5, 0.6) is 0 Å². The number of H-pyrrole nitrogens is 2. The third-order valence-electron chi connectivity index (χ3n) is 11.7. The predicted octanol–water partition coefficient (Wildman–Crippen LogP) is -6.37. The number of carbonyl (C=O) groups is 14. The van der Waals surface area contributed by atoms with E-state index >= 15 is 0 Å². The number of carboxylic acids is 4. The molecule has 0 radical (unpaired) electrons. The Morgan fingerprint density at radius 2 is 0.877 bits per heavy atom. The van der Waals surface area contributed by atoms with E-state index in [1.54, 1.807) is 13.8 Å². The maximum atomic E-state index is 14.2. The van der Waals surface area contributed by atoms with Crippen molar-refractivity contribution in [3.63, 3.8) is 0 Å². The van der Waals surface area contributed by atoms with Crippen molar-refractivity contribution in [2.45, 2.75) is 165 Å². The smallest absolute Gasteiger partial charge is 0.326 e. The van der Waals surface area contributed by atoms with Crippen LogP contribution in [0.25, 0.3) is 0 Å². The molecule has 10 amide bonds. The number of hydrogen-bond donors (Lipinski definition) is 18. The van der Waals surface area contributed by atoms with Crippen LogP contribution in [0.4, 0.5) is 0 Å². The number of carbonyl (C=O) groups excluding carboxylic acids is 10. The fourth-order valence-corrected chi connectivity index (χ4v) is 7.35. The molecule has 2 rings (SSSR count). The van der Waals surface area contributed by atoms with E-state index in [1.165, 1.54) is 38.9 Å². The van der Waals surface area contributed by atoms with Crippen LogP contribution in [0.15, 0.2) is 25.0 Å². The average Bonchev–Trinajstić information content (AvgIpc) is 4.10. The summed E-state index contributed by atoms with van der Waals surface area (Å²) in [6, 6.07) is -16.6. The number of rotatable bonds is 37. The van der Waals surface area contributed by atoms with E-state index in [4.69, 9.17) is 11.5 Å². The molecule has 34 nitrogen and oxygen atoms in total. The van der Waals surface area contributed by atoms with Gasteiger partial charge in [0.15, 0.2) is 0 Å². The summed E-state index contributed by atoms with van der Waals surface area (Å²) >= 11 is 0. The Bertz CT molecular complexity index is 2540. The highest BCUT2D eigenvalue weighted by molar-refractivity contribution is 5.99. The van der Waals surface area contributed by atoms with Gasteiger partial charge in [-0.3, -0.25) is 62.3 Å². The molecule has 0 aromatic carbocycles. The quantitative estimate of drug-likeness (QED) is 0.0299. The minimum absolute atomic E-state index is 0.116. The van der Waals surface area contributed by atoms with Crippen LogP contribution in [-0.2, 0) is 80.0 Å². The number of carboxylic acid groups (broad SMARTS) is 4. The van der Waals surface area contributed by atoms with Gasteiger partial charge in [-0.2, -0.15) is 0 Å². The number of hydrogen-bond acceptors (Lipinski definition) is 18. The summed E-state index contributed by atoms with van der Waals surface area (Å²) in [4.78, 5) is 194. The minimum Gasteiger partial charge on any atom is -0.481 e. The maximum absolute atomic E-state index is 14.2. The Kier molecular flexibility index (Phi) is 28.0. The van der Waals surface area contributed by atoms with E-state index in [-0.39, 0.29) is 24.5 Å². The topological polar surface area (TPSA) is 558 Å². The standard InChI is InChI=1S/C47H71N15O19/c1-20(2)12-29(59-45(78)31(15-36(69)70)58-38(71)21(3)48)43(76)60-30(13-24-16-50-18-52-24)44(77)56-27(7-10-34(65)66)41(74)55-28(8-11-35(67)68)42(75)62-37(23(5)63)46(79)57-26(6-9-33(49)64)40(73)54-22(4)39(72)61-32(47(80)81)14-25-17-51-19-53-25/h16-23,26-32,37,63H,6-15,48H2,1-5H3,(H2,49,64)(H,50,52)(H,51,53)(H,54,73)(H,55,74)(H,56,77)(H,57,79)(H,58,71)(H,59,78)(H,60,76)(H,61,72)(H,62,75)(H,65,66)(H,67,68)(H,69,70)(H,80,81)/t21-,22-,23+,26-,27-,28-,29-,30-,31-,32-,37-/m0/s1. The van der Waals surface area contributed by atoms with Crippen molar-refractivity contribution in [2.75, 3.05) is 0 Å². The first kappa shape index (κ1) is 68.0. The number of aromatic amines is 2.